The molecule has 1 atom stereocenters. The second-order valence-corrected chi connectivity index (χ2v) is 11.1. The van der Waals surface area contributed by atoms with Crippen molar-refractivity contribution in [2.75, 3.05) is 18.4 Å². The standard InChI is InChI=1S/C22H26N4O4S2/c1-4-19-24-21(25-30-19)17-11-20(31-13-17)32(28,29)26-9-5-6-16(12-26)22(27)23-18-8-7-14(2)15(3)10-18/h7-8,10-11,13,16H,4-6,9,12H2,1-3H3,(H,23,27)/t16-/m0/s1. The van der Waals surface area contributed by atoms with Gasteiger partial charge in [-0.15, -0.1) is 11.3 Å². The van der Waals surface area contributed by atoms with Gasteiger partial charge in [0, 0.05) is 36.1 Å². The Morgan fingerprint density at radius 3 is 2.81 bits per heavy atom. The van der Waals surface area contributed by atoms with Gasteiger partial charge in [-0.2, -0.15) is 9.29 Å². The highest BCUT2D eigenvalue weighted by atomic mass is 32.2. The first kappa shape index (κ1) is 22.6. The van der Waals surface area contributed by atoms with Gasteiger partial charge in [0.1, 0.15) is 4.21 Å². The fraction of sp³-hybridized carbons (Fsp3) is 0.409. The number of nitrogens with zero attached hydrogens (tertiary/aromatic N) is 3. The van der Waals surface area contributed by atoms with E-state index in [0.717, 1.165) is 28.2 Å². The van der Waals surface area contributed by atoms with Crippen LogP contribution < -0.4 is 5.32 Å². The third kappa shape index (κ3) is 4.62. The van der Waals surface area contributed by atoms with Crippen LogP contribution in [0.5, 0.6) is 0 Å². The highest BCUT2D eigenvalue weighted by Gasteiger charge is 2.34. The van der Waals surface area contributed by atoms with Crippen molar-refractivity contribution in [2.24, 2.45) is 5.92 Å². The number of benzene rings is 1. The van der Waals surface area contributed by atoms with E-state index in [1.165, 1.54) is 4.31 Å². The maximum absolute atomic E-state index is 13.2. The number of piperidine rings is 1. The minimum absolute atomic E-state index is 0.154. The summed E-state index contributed by atoms with van der Waals surface area (Å²) in [5.41, 5.74) is 3.59. The Labute approximate surface area is 191 Å². The number of nitrogens with one attached hydrogen (secondary N) is 1. The van der Waals surface area contributed by atoms with Crippen molar-refractivity contribution in [2.45, 2.75) is 44.2 Å². The summed E-state index contributed by atoms with van der Waals surface area (Å²) in [7, 11) is -3.71. The van der Waals surface area contributed by atoms with Crippen molar-refractivity contribution in [1.82, 2.24) is 14.4 Å². The third-order valence-corrected chi connectivity index (χ3v) is 9.01. The molecule has 1 aliphatic rings. The lowest BCUT2D eigenvalue weighted by Crippen LogP contribution is -2.43. The van der Waals surface area contributed by atoms with Gasteiger partial charge in [-0.05, 0) is 56.0 Å². The first-order chi connectivity index (χ1) is 15.3. The number of anilines is 1. The molecule has 0 unspecified atom stereocenters. The zero-order chi connectivity index (χ0) is 22.9. The Hall–Kier alpha value is -2.56. The first-order valence-electron chi connectivity index (χ1n) is 10.6. The lowest BCUT2D eigenvalue weighted by Gasteiger charge is -2.30. The summed E-state index contributed by atoms with van der Waals surface area (Å²) in [6.45, 7) is 6.47. The Bertz CT molecular complexity index is 1230. The Morgan fingerprint density at radius 1 is 1.28 bits per heavy atom. The Balaban J connectivity index is 1.47. The second-order valence-electron chi connectivity index (χ2n) is 8.01. The van der Waals surface area contributed by atoms with E-state index in [0.29, 0.717) is 43.1 Å². The van der Waals surface area contributed by atoms with Crippen LogP contribution in [0.25, 0.3) is 11.4 Å². The minimum atomic E-state index is -3.71. The van der Waals surface area contributed by atoms with Crippen molar-refractivity contribution >= 4 is 33.0 Å². The number of sulfonamides is 1. The van der Waals surface area contributed by atoms with Gasteiger partial charge < -0.3 is 9.84 Å². The predicted octanol–water partition coefficient (Wildman–Crippen LogP) is 4.02. The largest absolute Gasteiger partial charge is 0.339 e. The molecule has 0 bridgehead atoms. The van der Waals surface area contributed by atoms with E-state index in [4.69, 9.17) is 4.52 Å². The molecule has 3 aromatic rings. The molecule has 4 rings (SSSR count). The molecule has 1 saturated heterocycles. The molecule has 0 radical (unpaired) electrons. The molecule has 1 fully saturated rings. The van der Waals surface area contributed by atoms with E-state index >= 15 is 0 Å². The number of thiophene rings is 1. The van der Waals surface area contributed by atoms with E-state index < -0.39 is 15.9 Å². The van der Waals surface area contributed by atoms with Gasteiger partial charge in [0.25, 0.3) is 10.0 Å². The molecule has 170 valence electrons. The van der Waals surface area contributed by atoms with E-state index in [2.05, 4.69) is 15.5 Å². The van der Waals surface area contributed by atoms with Crippen LogP contribution in [0.4, 0.5) is 5.69 Å². The molecule has 0 aliphatic carbocycles. The quantitative estimate of drug-likeness (QED) is 0.579. The number of hydrogen-bond donors (Lipinski definition) is 1. The molecule has 8 nitrogen and oxygen atoms in total. The van der Waals surface area contributed by atoms with E-state index in [1.807, 2.05) is 39.0 Å². The van der Waals surface area contributed by atoms with Gasteiger partial charge in [-0.1, -0.05) is 18.1 Å². The van der Waals surface area contributed by atoms with Crippen LogP contribution in [0.3, 0.4) is 0 Å². The summed E-state index contributed by atoms with van der Waals surface area (Å²) in [6.07, 6.45) is 1.90. The maximum Gasteiger partial charge on any atom is 0.252 e. The number of aromatic nitrogens is 2. The third-order valence-electron chi connectivity index (χ3n) is 5.73. The zero-order valence-corrected chi connectivity index (χ0v) is 19.9. The first-order valence-corrected chi connectivity index (χ1v) is 12.9. The average Bonchev–Trinajstić information content (AvgIpc) is 3.46. The maximum atomic E-state index is 13.2. The van der Waals surface area contributed by atoms with Crippen molar-refractivity contribution in [3.63, 3.8) is 0 Å². The van der Waals surface area contributed by atoms with Crippen LogP contribution in [-0.2, 0) is 21.2 Å². The van der Waals surface area contributed by atoms with E-state index in [-0.39, 0.29) is 16.7 Å². The predicted molar refractivity (Wildman–Crippen MR) is 123 cm³/mol. The van der Waals surface area contributed by atoms with Crippen LogP contribution in [0.2, 0.25) is 0 Å². The van der Waals surface area contributed by atoms with Gasteiger partial charge >= 0.3 is 0 Å². The highest BCUT2D eigenvalue weighted by molar-refractivity contribution is 7.91. The SMILES string of the molecule is CCc1nc(-c2csc(S(=O)(=O)N3CCC[C@H](C(=O)Nc4ccc(C)c(C)c4)C3)c2)no1. The minimum Gasteiger partial charge on any atom is -0.339 e. The van der Waals surface area contributed by atoms with Crippen LogP contribution in [0.1, 0.15) is 36.8 Å². The van der Waals surface area contributed by atoms with Crippen LogP contribution in [-0.4, -0.2) is 41.9 Å². The summed E-state index contributed by atoms with van der Waals surface area (Å²) in [4.78, 5) is 17.1. The molecular weight excluding hydrogens is 448 g/mol. The van der Waals surface area contributed by atoms with Crippen molar-refractivity contribution in [1.29, 1.82) is 0 Å². The van der Waals surface area contributed by atoms with Crippen LogP contribution >= 0.6 is 11.3 Å². The molecule has 3 heterocycles. The van der Waals surface area contributed by atoms with Crippen LogP contribution in [0, 0.1) is 19.8 Å². The van der Waals surface area contributed by atoms with Gasteiger partial charge in [0.05, 0.1) is 5.92 Å². The van der Waals surface area contributed by atoms with E-state index in [1.54, 1.807) is 11.4 Å². The molecule has 1 aliphatic heterocycles. The number of amides is 1. The van der Waals surface area contributed by atoms with Gasteiger partial charge in [0.15, 0.2) is 0 Å². The van der Waals surface area contributed by atoms with E-state index in [9.17, 15) is 13.2 Å². The normalized spacial score (nSPS) is 17.4. The summed E-state index contributed by atoms with van der Waals surface area (Å²) in [5, 5.41) is 8.56. The molecule has 32 heavy (non-hydrogen) atoms. The number of rotatable bonds is 6. The Morgan fingerprint density at radius 2 is 2.09 bits per heavy atom. The smallest absolute Gasteiger partial charge is 0.252 e. The molecule has 0 spiro atoms. The molecule has 0 saturated carbocycles. The van der Waals surface area contributed by atoms with Crippen molar-refractivity contribution in [3.8, 4) is 11.4 Å². The lowest BCUT2D eigenvalue weighted by molar-refractivity contribution is -0.120. The highest BCUT2D eigenvalue weighted by Crippen LogP contribution is 2.31. The number of hydrogen-bond acceptors (Lipinski definition) is 7. The summed E-state index contributed by atoms with van der Waals surface area (Å²) < 4.78 is 33.2. The summed E-state index contributed by atoms with van der Waals surface area (Å²) in [5.74, 6) is 0.330. The molecule has 2 aromatic heterocycles. The molecule has 10 heteroatoms. The topological polar surface area (TPSA) is 105 Å². The molecule has 1 aromatic carbocycles. The Kier molecular flexibility index (Phi) is 6.45. The molecule has 1 N–H and O–H groups in total. The van der Waals surface area contributed by atoms with Crippen molar-refractivity contribution in [3.05, 3.63) is 46.7 Å². The average molecular weight is 475 g/mol. The monoisotopic (exact) mass is 474 g/mol. The van der Waals surface area contributed by atoms with Gasteiger partial charge in [0.2, 0.25) is 17.6 Å². The summed E-state index contributed by atoms with van der Waals surface area (Å²) >= 11 is 1.13. The fourth-order valence-corrected chi connectivity index (χ4v) is 6.48. The number of carbonyl (C=O) groups is 1. The lowest BCUT2D eigenvalue weighted by atomic mass is 9.98. The molecular formula is C22H26N4O4S2. The fourth-order valence-electron chi connectivity index (χ4n) is 3.65. The second kappa shape index (κ2) is 9.13. The number of carbonyl (C=O) groups excluding carboxylic acids is 1. The summed E-state index contributed by atoms with van der Waals surface area (Å²) in [6, 6.07) is 7.33. The number of aryl methyl sites for hydroxylation is 3. The van der Waals surface area contributed by atoms with Gasteiger partial charge in [-0.25, -0.2) is 8.42 Å². The van der Waals surface area contributed by atoms with Gasteiger partial charge in [-0.3, -0.25) is 4.79 Å². The zero-order valence-electron chi connectivity index (χ0n) is 18.3. The molecule has 1 amide bonds. The van der Waals surface area contributed by atoms with Crippen LogP contribution in [0.15, 0.2) is 38.4 Å². The van der Waals surface area contributed by atoms with Crippen molar-refractivity contribution < 1.29 is 17.7 Å².